The fraction of sp³-hybridized carbons (Fsp3) is 0.583. The van der Waals surface area contributed by atoms with Gasteiger partial charge in [-0.25, -0.2) is 4.79 Å². The molecule has 13 heteroatoms. The first-order valence-corrected chi connectivity index (χ1v) is 6.86. The molecule has 0 rings (SSSR count). The Bertz CT molecular complexity index is 561. The highest BCUT2D eigenvalue weighted by Gasteiger charge is 2.51. The third-order valence-electron chi connectivity index (χ3n) is 3.13. The fourth-order valence-corrected chi connectivity index (χ4v) is 1.93. The van der Waals surface area contributed by atoms with Crippen LogP contribution in [-0.4, -0.2) is 79.6 Å². The number of aliphatic carboxylic acids is 4. The zero-order chi connectivity index (χ0) is 19.8. The van der Waals surface area contributed by atoms with E-state index in [4.69, 9.17) is 31.9 Å². The quantitative estimate of drug-likeness (QED) is 0.0970. The van der Waals surface area contributed by atoms with E-state index in [0.29, 0.717) is 0 Å². The monoisotopic (exact) mass is 364 g/mol. The second-order valence-electron chi connectivity index (χ2n) is 5.08. The summed E-state index contributed by atoms with van der Waals surface area (Å²) >= 11 is 0. The Kier molecular flexibility index (Phi) is 8.29. The molecule has 142 valence electrons. The van der Waals surface area contributed by atoms with Crippen molar-refractivity contribution in [3.63, 3.8) is 0 Å². The van der Waals surface area contributed by atoms with Crippen LogP contribution >= 0.6 is 0 Å². The summed E-state index contributed by atoms with van der Waals surface area (Å²) in [6.07, 6.45) is -1.57. The lowest BCUT2D eigenvalue weighted by molar-refractivity contribution is -0.175. The number of aliphatic imine (C=N–C) groups is 1. The maximum atomic E-state index is 11.3. The van der Waals surface area contributed by atoms with Crippen LogP contribution in [0.1, 0.15) is 19.3 Å². The minimum atomic E-state index is -3.26. The number of carbonyl (C=O) groups is 4. The second-order valence-corrected chi connectivity index (χ2v) is 5.08. The summed E-state index contributed by atoms with van der Waals surface area (Å²) in [5.74, 6) is -7.59. The molecule has 0 saturated carbocycles. The van der Waals surface area contributed by atoms with Crippen LogP contribution in [0.4, 0.5) is 0 Å². The topological polar surface area (TPSA) is 246 Å². The summed E-state index contributed by atoms with van der Waals surface area (Å²) in [6.45, 7) is 0.0316. The molecular weight excluding hydrogens is 344 g/mol. The Morgan fingerprint density at radius 1 is 1.04 bits per heavy atom. The molecule has 0 fully saturated rings. The molecule has 0 aliphatic rings. The van der Waals surface area contributed by atoms with Crippen molar-refractivity contribution in [2.45, 2.75) is 36.9 Å². The van der Waals surface area contributed by atoms with Crippen LogP contribution in [0.5, 0.6) is 0 Å². The standard InChI is InChI=1S/C12H20N4O9/c13-11(14)15-3-1-2-5(8(19)20)16-7(9(21)22)12(25,10(23)24)4-6(17)18/h5,7,16,25H,1-4H2,(H,17,18)(H,19,20)(H,21,22)(H,23,24)(H4,13,14,15)/t5-,7?,12?/m0/s1. The molecule has 0 amide bonds. The number of hydrogen-bond acceptors (Lipinski definition) is 7. The van der Waals surface area contributed by atoms with Crippen LogP contribution in [0.3, 0.4) is 0 Å². The molecule has 25 heavy (non-hydrogen) atoms. The van der Waals surface area contributed by atoms with E-state index in [0.717, 1.165) is 0 Å². The van der Waals surface area contributed by atoms with E-state index in [2.05, 4.69) is 4.99 Å². The van der Waals surface area contributed by atoms with Gasteiger partial charge in [0.1, 0.15) is 12.1 Å². The molecule has 2 unspecified atom stereocenters. The number of rotatable bonds is 12. The molecule has 0 aromatic carbocycles. The Morgan fingerprint density at radius 3 is 1.96 bits per heavy atom. The maximum absolute atomic E-state index is 11.3. The van der Waals surface area contributed by atoms with Gasteiger partial charge < -0.3 is 37.0 Å². The van der Waals surface area contributed by atoms with Gasteiger partial charge in [-0.2, -0.15) is 0 Å². The summed E-state index contributed by atoms with van der Waals surface area (Å²) in [4.78, 5) is 48.0. The van der Waals surface area contributed by atoms with Crippen molar-refractivity contribution in [2.24, 2.45) is 16.5 Å². The van der Waals surface area contributed by atoms with Crippen molar-refractivity contribution in [3.8, 4) is 0 Å². The van der Waals surface area contributed by atoms with Gasteiger partial charge in [0.15, 0.2) is 11.6 Å². The van der Waals surface area contributed by atoms with Crippen LogP contribution in [-0.2, 0) is 19.2 Å². The molecule has 10 N–H and O–H groups in total. The SMILES string of the molecule is NC(N)=NCCC[C@H](NC(C(=O)O)C(O)(CC(=O)O)C(=O)O)C(=O)O. The molecular formula is C12H20N4O9. The van der Waals surface area contributed by atoms with E-state index >= 15 is 0 Å². The van der Waals surface area contributed by atoms with E-state index in [1.54, 1.807) is 0 Å². The van der Waals surface area contributed by atoms with E-state index in [1.165, 1.54) is 0 Å². The lowest BCUT2D eigenvalue weighted by atomic mass is 9.89. The van der Waals surface area contributed by atoms with Gasteiger partial charge in [0, 0.05) is 6.54 Å². The number of hydrogen-bond donors (Lipinski definition) is 8. The molecule has 0 spiro atoms. The predicted octanol–water partition coefficient (Wildman–Crippen LogP) is -3.17. The van der Waals surface area contributed by atoms with Crippen LogP contribution in [0.25, 0.3) is 0 Å². The van der Waals surface area contributed by atoms with E-state index in [-0.39, 0.29) is 25.3 Å². The summed E-state index contributed by atoms with van der Waals surface area (Å²) in [6, 6.07) is -3.97. The van der Waals surface area contributed by atoms with Gasteiger partial charge in [0.25, 0.3) is 0 Å². The molecule has 3 atom stereocenters. The van der Waals surface area contributed by atoms with Crippen molar-refractivity contribution in [1.82, 2.24) is 5.32 Å². The second kappa shape index (κ2) is 9.39. The Hall–Kier alpha value is -2.93. The van der Waals surface area contributed by atoms with Crippen LogP contribution in [0, 0.1) is 0 Å². The average molecular weight is 364 g/mol. The van der Waals surface area contributed by atoms with E-state index < -0.39 is 48.0 Å². The zero-order valence-corrected chi connectivity index (χ0v) is 13.0. The molecule has 0 aliphatic heterocycles. The highest BCUT2D eigenvalue weighted by atomic mass is 16.4. The minimum absolute atomic E-state index is 0.0316. The van der Waals surface area contributed by atoms with Gasteiger partial charge in [-0.3, -0.25) is 24.7 Å². The van der Waals surface area contributed by atoms with Crippen molar-refractivity contribution in [3.05, 3.63) is 0 Å². The number of nitrogens with zero attached hydrogens (tertiary/aromatic N) is 1. The summed E-state index contributed by atoms with van der Waals surface area (Å²) < 4.78 is 0. The van der Waals surface area contributed by atoms with Crippen LogP contribution in [0.2, 0.25) is 0 Å². The summed E-state index contributed by atoms with van der Waals surface area (Å²) in [5, 5.41) is 47.9. The molecule has 0 radical (unpaired) electrons. The third kappa shape index (κ3) is 7.01. The highest BCUT2D eigenvalue weighted by Crippen LogP contribution is 2.18. The van der Waals surface area contributed by atoms with Crippen molar-refractivity contribution >= 4 is 29.8 Å². The molecule has 13 nitrogen and oxygen atoms in total. The first-order valence-electron chi connectivity index (χ1n) is 6.86. The number of carboxylic acid groups (broad SMARTS) is 4. The normalized spacial score (nSPS) is 15.4. The largest absolute Gasteiger partial charge is 0.481 e. The van der Waals surface area contributed by atoms with Gasteiger partial charge in [0.2, 0.25) is 0 Å². The third-order valence-corrected chi connectivity index (χ3v) is 3.13. The number of carboxylic acids is 4. The molecule has 0 heterocycles. The number of guanidine groups is 1. The Balaban J connectivity index is 5.37. The predicted molar refractivity (Wildman–Crippen MR) is 80.7 cm³/mol. The fourth-order valence-electron chi connectivity index (χ4n) is 1.93. The lowest BCUT2D eigenvalue weighted by Crippen LogP contribution is -2.63. The molecule has 0 bridgehead atoms. The zero-order valence-electron chi connectivity index (χ0n) is 13.0. The van der Waals surface area contributed by atoms with Gasteiger partial charge >= 0.3 is 23.9 Å². The van der Waals surface area contributed by atoms with Gasteiger partial charge in [-0.1, -0.05) is 0 Å². The minimum Gasteiger partial charge on any atom is -0.481 e. The average Bonchev–Trinajstić information content (AvgIpc) is 2.44. The summed E-state index contributed by atoms with van der Waals surface area (Å²) in [5.41, 5.74) is 6.92. The van der Waals surface area contributed by atoms with Crippen LogP contribution in [0.15, 0.2) is 4.99 Å². The lowest BCUT2D eigenvalue weighted by Gasteiger charge is -2.31. The smallest absolute Gasteiger partial charge is 0.338 e. The molecule has 0 aromatic rings. The molecule has 0 aliphatic carbocycles. The highest BCUT2D eigenvalue weighted by molar-refractivity contribution is 5.92. The first kappa shape index (κ1) is 22.1. The number of aliphatic hydroxyl groups is 1. The Morgan fingerprint density at radius 2 is 1.60 bits per heavy atom. The molecule has 0 aromatic heterocycles. The van der Waals surface area contributed by atoms with Crippen molar-refractivity contribution < 1.29 is 44.7 Å². The Labute approximate surface area is 140 Å². The van der Waals surface area contributed by atoms with Crippen molar-refractivity contribution in [2.75, 3.05) is 6.54 Å². The summed E-state index contributed by atoms with van der Waals surface area (Å²) in [7, 11) is 0. The van der Waals surface area contributed by atoms with Gasteiger partial charge in [-0.05, 0) is 12.8 Å². The maximum Gasteiger partial charge on any atom is 0.338 e. The van der Waals surface area contributed by atoms with E-state index in [1.807, 2.05) is 5.32 Å². The van der Waals surface area contributed by atoms with Crippen molar-refractivity contribution in [1.29, 1.82) is 0 Å². The number of nitrogens with two attached hydrogens (primary N) is 2. The van der Waals surface area contributed by atoms with Gasteiger partial charge in [-0.15, -0.1) is 0 Å². The van der Waals surface area contributed by atoms with E-state index in [9.17, 15) is 24.3 Å². The molecule has 0 saturated heterocycles. The first-order chi connectivity index (χ1) is 11.4. The van der Waals surface area contributed by atoms with Gasteiger partial charge in [0.05, 0.1) is 6.42 Å². The number of nitrogens with one attached hydrogen (secondary N) is 1. The van der Waals surface area contributed by atoms with Crippen LogP contribution < -0.4 is 16.8 Å².